The first-order chi connectivity index (χ1) is 11.7. The van der Waals surface area contributed by atoms with Crippen molar-refractivity contribution in [3.05, 3.63) is 60.4 Å². The van der Waals surface area contributed by atoms with Crippen molar-refractivity contribution in [2.45, 2.75) is 6.92 Å². The zero-order valence-corrected chi connectivity index (χ0v) is 13.0. The van der Waals surface area contributed by atoms with Crippen molar-refractivity contribution in [1.29, 1.82) is 0 Å². The van der Waals surface area contributed by atoms with Crippen LogP contribution in [0, 0.1) is 6.92 Å². The number of nitrogens with zero attached hydrogens (tertiary/aromatic N) is 5. The van der Waals surface area contributed by atoms with E-state index in [1.165, 1.54) is 6.33 Å². The third-order valence-electron chi connectivity index (χ3n) is 3.81. The molecule has 2 aromatic heterocycles. The molecule has 0 bridgehead atoms. The molecule has 118 valence electrons. The van der Waals surface area contributed by atoms with Gasteiger partial charge >= 0.3 is 0 Å². The molecule has 7 heteroatoms. The zero-order chi connectivity index (χ0) is 16.5. The van der Waals surface area contributed by atoms with Crippen molar-refractivity contribution in [3.63, 3.8) is 0 Å². The van der Waals surface area contributed by atoms with E-state index in [0.717, 1.165) is 22.3 Å². The summed E-state index contributed by atoms with van der Waals surface area (Å²) in [6.07, 6.45) is 1.46. The van der Waals surface area contributed by atoms with Crippen LogP contribution in [0.1, 0.15) is 5.56 Å². The lowest BCUT2D eigenvalue weighted by Crippen LogP contribution is -2.09. The number of rotatable bonds is 3. The predicted octanol–water partition coefficient (Wildman–Crippen LogP) is 2.84. The van der Waals surface area contributed by atoms with Crippen LogP contribution in [-0.4, -0.2) is 25.0 Å². The van der Waals surface area contributed by atoms with Crippen LogP contribution in [0.3, 0.4) is 0 Å². The minimum atomic E-state index is 0.413. The lowest BCUT2D eigenvalue weighted by molar-refractivity contribution is 0.800. The number of nitrogens with two attached hydrogens (primary N) is 1. The van der Waals surface area contributed by atoms with Crippen LogP contribution < -0.4 is 11.1 Å². The Morgan fingerprint density at radius 1 is 1.00 bits per heavy atom. The van der Waals surface area contributed by atoms with Gasteiger partial charge in [-0.2, -0.15) is 4.68 Å². The summed E-state index contributed by atoms with van der Waals surface area (Å²) < 4.78 is 1.62. The van der Waals surface area contributed by atoms with E-state index in [1.807, 2.05) is 55.5 Å². The topological polar surface area (TPSA) is 94.5 Å². The number of hydrogen-bond acceptors (Lipinski definition) is 6. The van der Waals surface area contributed by atoms with E-state index in [4.69, 9.17) is 5.73 Å². The van der Waals surface area contributed by atoms with Gasteiger partial charge in [0.05, 0.1) is 5.52 Å². The molecule has 0 saturated heterocycles. The average Bonchev–Trinajstić information content (AvgIpc) is 3.03. The maximum atomic E-state index is 6.29. The number of hydrogen-bond donors (Lipinski definition) is 2. The fourth-order valence-corrected chi connectivity index (χ4v) is 2.52. The highest BCUT2D eigenvalue weighted by Crippen LogP contribution is 2.27. The number of nitrogen functional groups attached to an aromatic ring is 1. The van der Waals surface area contributed by atoms with Crippen molar-refractivity contribution in [3.8, 4) is 5.82 Å². The molecule has 0 radical (unpaired) electrons. The Labute approximate surface area is 138 Å². The molecule has 0 fully saturated rings. The van der Waals surface area contributed by atoms with Gasteiger partial charge in [-0.1, -0.05) is 35.5 Å². The van der Waals surface area contributed by atoms with Gasteiger partial charge in [0.25, 0.3) is 0 Å². The van der Waals surface area contributed by atoms with E-state index in [2.05, 4.69) is 25.6 Å². The molecule has 0 saturated carbocycles. The smallest absolute Gasteiger partial charge is 0.184 e. The van der Waals surface area contributed by atoms with Crippen molar-refractivity contribution in [2.24, 2.45) is 0 Å². The Bertz CT molecular complexity index is 1020. The lowest BCUT2D eigenvalue weighted by atomic mass is 10.2. The summed E-state index contributed by atoms with van der Waals surface area (Å²) in [6, 6.07) is 15.6. The normalized spacial score (nSPS) is 10.9. The van der Waals surface area contributed by atoms with Gasteiger partial charge in [0, 0.05) is 5.69 Å². The molecule has 24 heavy (non-hydrogen) atoms. The van der Waals surface area contributed by atoms with Gasteiger partial charge in [-0.25, -0.2) is 9.97 Å². The van der Waals surface area contributed by atoms with E-state index in [9.17, 15) is 0 Å². The van der Waals surface area contributed by atoms with E-state index >= 15 is 0 Å². The summed E-state index contributed by atoms with van der Waals surface area (Å²) in [4.78, 5) is 8.54. The second-order valence-electron chi connectivity index (χ2n) is 5.39. The van der Waals surface area contributed by atoms with Gasteiger partial charge in [-0.05, 0) is 30.7 Å². The number of para-hydroxylation sites is 2. The van der Waals surface area contributed by atoms with Crippen molar-refractivity contribution in [2.75, 3.05) is 11.1 Å². The van der Waals surface area contributed by atoms with Gasteiger partial charge in [0.1, 0.15) is 17.5 Å². The fraction of sp³-hybridized carbons (Fsp3) is 0.0588. The van der Waals surface area contributed by atoms with E-state index in [-0.39, 0.29) is 0 Å². The Morgan fingerprint density at radius 3 is 2.67 bits per heavy atom. The van der Waals surface area contributed by atoms with E-state index in [0.29, 0.717) is 17.3 Å². The fourth-order valence-electron chi connectivity index (χ4n) is 2.52. The first-order valence-electron chi connectivity index (χ1n) is 7.48. The highest BCUT2D eigenvalue weighted by molar-refractivity contribution is 5.80. The molecule has 2 heterocycles. The first kappa shape index (κ1) is 14.1. The SMILES string of the molecule is Cc1ccccc1Nc1ncnc(-n2nnc3ccccc32)c1N. The second-order valence-corrected chi connectivity index (χ2v) is 5.39. The zero-order valence-electron chi connectivity index (χ0n) is 13.0. The molecule has 4 rings (SSSR count). The summed E-state index contributed by atoms with van der Waals surface area (Å²) >= 11 is 0. The molecule has 3 N–H and O–H groups in total. The van der Waals surface area contributed by atoms with Gasteiger partial charge in [0.2, 0.25) is 0 Å². The molecular formula is C17H15N7. The molecule has 2 aromatic carbocycles. The number of aromatic nitrogens is 5. The second kappa shape index (κ2) is 5.62. The third kappa shape index (κ3) is 2.32. The van der Waals surface area contributed by atoms with Crippen molar-refractivity contribution in [1.82, 2.24) is 25.0 Å². The largest absolute Gasteiger partial charge is 0.393 e. The lowest BCUT2D eigenvalue weighted by Gasteiger charge is -2.12. The summed E-state index contributed by atoms with van der Waals surface area (Å²) in [5, 5.41) is 11.6. The standard InChI is InChI=1S/C17H15N7/c1-11-6-2-3-7-12(11)21-16-15(18)17(20-10-19-16)24-14-9-5-4-8-13(14)22-23-24/h2-10H,18H2,1H3,(H,19,20,21). The predicted molar refractivity (Wildman–Crippen MR) is 93.3 cm³/mol. The van der Waals surface area contributed by atoms with Crippen LogP contribution in [0.2, 0.25) is 0 Å². The molecule has 0 spiro atoms. The quantitative estimate of drug-likeness (QED) is 0.603. The molecule has 0 aliphatic heterocycles. The minimum Gasteiger partial charge on any atom is -0.393 e. The number of benzene rings is 2. The van der Waals surface area contributed by atoms with E-state index < -0.39 is 0 Å². The molecule has 0 aliphatic carbocycles. The third-order valence-corrected chi connectivity index (χ3v) is 3.81. The van der Waals surface area contributed by atoms with Gasteiger partial charge in [-0.15, -0.1) is 5.10 Å². The number of anilines is 3. The van der Waals surface area contributed by atoms with Crippen LogP contribution >= 0.6 is 0 Å². The van der Waals surface area contributed by atoms with Gasteiger partial charge in [-0.3, -0.25) is 0 Å². The summed E-state index contributed by atoms with van der Waals surface area (Å²) in [6.45, 7) is 2.02. The minimum absolute atomic E-state index is 0.413. The monoisotopic (exact) mass is 317 g/mol. The molecular weight excluding hydrogens is 302 g/mol. The van der Waals surface area contributed by atoms with Gasteiger partial charge in [0.15, 0.2) is 11.6 Å². The first-order valence-corrected chi connectivity index (χ1v) is 7.48. The number of aryl methyl sites for hydroxylation is 1. The summed E-state index contributed by atoms with van der Waals surface area (Å²) in [7, 11) is 0. The van der Waals surface area contributed by atoms with Gasteiger partial charge < -0.3 is 11.1 Å². The Kier molecular flexibility index (Phi) is 3.31. The van der Waals surface area contributed by atoms with Crippen LogP contribution in [0.15, 0.2) is 54.9 Å². The van der Waals surface area contributed by atoms with Crippen LogP contribution in [0.4, 0.5) is 17.2 Å². The molecule has 4 aromatic rings. The highest BCUT2D eigenvalue weighted by Gasteiger charge is 2.14. The molecule has 0 amide bonds. The molecule has 0 atom stereocenters. The Balaban J connectivity index is 1.80. The van der Waals surface area contributed by atoms with E-state index in [1.54, 1.807) is 4.68 Å². The van der Waals surface area contributed by atoms with Crippen molar-refractivity contribution >= 4 is 28.2 Å². The van der Waals surface area contributed by atoms with Crippen molar-refractivity contribution < 1.29 is 0 Å². The Morgan fingerprint density at radius 2 is 1.79 bits per heavy atom. The highest BCUT2D eigenvalue weighted by atomic mass is 15.4. The van der Waals surface area contributed by atoms with Crippen LogP contribution in [0.25, 0.3) is 16.9 Å². The summed E-state index contributed by atoms with van der Waals surface area (Å²) in [5.41, 5.74) is 10.4. The van der Waals surface area contributed by atoms with Crippen LogP contribution in [-0.2, 0) is 0 Å². The number of nitrogens with one attached hydrogen (secondary N) is 1. The maximum absolute atomic E-state index is 6.29. The summed E-state index contributed by atoms with van der Waals surface area (Å²) in [5.74, 6) is 1.03. The Hall–Kier alpha value is -3.48. The average molecular weight is 317 g/mol. The maximum Gasteiger partial charge on any atom is 0.184 e. The molecule has 0 aliphatic rings. The number of fused-ring (bicyclic) bond motifs is 1. The molecule has 0 unspecified atom stereocenters. The van der Waals surface area contributed by atoms with Crippen LogP contribution in [0.5, 0.6) is 0 Å². The molecule has 7 nitrogen and oxygen atoms in total.